The molecule has 0 saturated carbocycles. The molecule has 0 bridgehead atoms. The fourth-order valence-electron chi connectivity index (χ4n) is 2.66. The van der Waals surface area contributed by atoms with Crippen LogP contribution in [0.1, 0.15) is 33.2 Å². The number of benzene rings is 2. The minimum absolute atomic E-state index is 0.0148. The molecule has 0 aromatic heterocycles. The molecule has 0 N–H and O–H groups in total. The van der Waals surface area contributed by atoms with Crippen LogP contribution in [0.5, 0.6) is 0 Å². The Bertz CT molecular complexity index is 565. The molecule has 0 aliphatic heterocycles. The van der Waals surface area contributed by atoms with Gasteiger partial charge in [0.25, 0.3) is 0 Å². The van der Waals surface area contributed by atoms with Crippen LogP contribution in [0, 0.1) is 20.8 Å². The molecule has 2 rings (SSSR count). The van der Waals surface area contributed by atoms with E-state index in [-0.39, 0.29) is 5.38 Å². The van der Waals surface area contributed by atoms with Crippen molar-refractivity contribution < 1.29 is 0 Å². The first kappa shape index (κ1) is 14.4. The Morgan fingerprint density at radius 2 is 1.63 bits per heavy atom. The van der Waals surface area contributed by atoms with E-state index in [1.54, 1.807) is 0 Å². The van der Waals surface area contributed by atoms with Crippen LogP contribution in [0.25, 0.3) is 0 Å². The van der Waals surface area contributed by atoms with Crippen molar-refractivity contribution in [2.24, 2.45) is 0 Å². The lowest BCUT2D eigenvalue weighted by Crippen LogP contribution is -2.02. The van der Waals surface area contributed by atoms with Gasteiger partial charge in [-0.25, -0.2) is 0 Å². The molecule has 1 unspecified atom stereocenters. The first-order valence-corrected chi connectivity index (χ1v) is 7.25. The van der Waals surface area contributed by atoms with Crippen molar-refractivity contribution in [3.8, 4) is 0 Å². The number of halogens is 2. The molecule has 0 spiro atoms. The monoisotopic (exact) mass is 292 g/mol. The summed E-state index contributed by atoms with van der Waals surface area (Å²) in [6, 6.07) is 12.3. The summed E-state index contributed by atoms with van der Waals surface area (Å²) in [6.07, 6.45) is 0.798. The number of alkyl halides is 1. The van der Waals surface area contributed by atoms with Crippen LogP contribution in [0.4, 0.5) is 0 Å². The van der Waals surface area contributed by atoms with E-state index in [4.69, 9.17) is 23.2 Å². The van der Waals surface area contributed by atoms with E-state index in [1.165, 1.54) is 27.8 Å². The van der Waals surface area contributed by atoms with Gasteiger partial charge in [0.15, 0.2) is 0 Å². The summed E-state index contributed by atoms with van der Waals surface area (Å²) in [6.45, 7) is 6.37. The minimum Gasteiger partial charge on any atom is -0.117 e. The molecule has 1 atom stereocenters. The highest BCUT2D eigenvalue weighted by Crippen LogP contribution is 2.31. The highest BCUT2D eigenvalue weighted by atomic mass is 35.5. The second kappa shape index (κ2) is 5.98. The van der Waals surface area contributed by atoms with E-state index in [2.05, 4.69) is 39.0 Å². The van der Waals surface area contributed by atoms with Gasteiger partial charge in [0.1, 0.15) is 0 Å². The highest BCUT2D eigenvalue weighted by Gasteiger charge is 2.14. The molecular formula is C17H18Cl2. The summed E-state index contributed by atoms with van der Waals surface area (Å²) >= 11 is 12.6. The first-order chi connectivity index (χ1) is 8.97. The molecule has 0 nitrogen and oxygen atoms in total. The first-order valence-electron chi connectivity index (χ1n) is 6.43. The normalized spacial score (nSPS) is 12.5. The Kier molecular flexibility index (Phi) is 4.54. The van der Waals surface area contributed by atoms with E-state index in [9.17, 15) is 0 Å². The second-order valence-corrected chi connectivity index (χ2v) is 6.08. The zero-order chi connectivity index (χ0) is 14.0. The molecule has 0 aliphatic rings. The third-order valence-electron chi connectivity index (χ3n) is 3.36. The SMILES string of the molecule is Cc1cc(C)c(C(Cl)Cc2cccc(Cl)c2)c(C)c1. The molecule has 0 heterocycles. The van der Waals surface area contributed by atoms with Crippen molar-refractivity contribution in [1.82, 2.24) is 0 Å². The maximum Gasteiger partial charge on any atom is 0.0630 e. The Labute approximate surface area is 125 Å². The molecule has 2 heteroatoms. The van der Waals surface area contributed by atoms with E-state index >= 15 is 0 Å². The summed E-state index contributed by atoms with van der Waals surface area (Å²) in [7, 11) is 0. The molecule has 2 aromatic carbocycles. The molecular weight excluding hydrogens is 275 g/mol. The lowest BCUT2D eigenvalue weighted by Gasteiger charge is -2.17. The van der Waals surface area contributed by atoms with E-state index < -0.39 is 0 Å². The molecule has 0 saturated heterocycles. The number of aryl methyl sites for hydroxylation is 3. The van der Waals surface area contributed by atoms with Gasteiger partial charge < -0.3 is 0 Å². The number of hydrogen-bond acceptors (Lipinski definition) is 0. The van der Waals surface area contributed by atoms with Crippen LogP contribution in [0.15, 0.2) is 36.4 Å². The van der Waals surface area contributed by atoms with Crippen molar-refractivity contribution >= 4 is 23.2 Å². The second-order valence-electron chi connectivity index (χ2n) is 5.11. The van der Waals surface area contributed by atoms with Crippen molar-refractivity contribution in [3.05, 3.63) is 69.2 Å². The fourth-order valence-corrected chi connectivity index (χ4v) is 3.39. The maximum atomic E-state index is 6.61. The lowest BCUT2D eigenvalue weighted by molar-refractivity contribution is 0.898. The van der Waals surface area contributed by atoms with E-state index in [1.807, 2.05) is 18.2 Å². The Morgan fingerprint density at radius 1 is 1.00 bits per heavy atom. The van der Waals surface area contributed by atoms with Crippen molar-refractivity contribution in [2.75, 3.05) is 0 Å². The van der Waals surface area contributed by atoms with Crippen LogP contribution in [-0.4, -0.2) is 0 Å². The lowest BCUT2D eigenvalue weighted by atomic mass is 9.94. The zero-order valence-corrected chi connectivity index (χ0v) is 13.0. The van der Waals surface area contributed by atoms with Gasteiger partial charge >= 0.3 is 0 Å². The predicted octanol–water partition coefficient (Wildman–Crippen LogP) is 5.79. The van der Waals surface area contributed by atoms with Gasteiger partial charge in [0.05, 0.1) is 5.38 Å². The average Bonchev–Trinajstić information content (AvgIpc) is 2.27. The summed E-state index contributed by atoms with van der Waals surface area (Å²) in [5, 5.41) is 0.748. The molecule has 2 aromatic rings. The molecule has 0 radical (unpaired) electrons. The quantitative estimate of drug-likeness (QED) is 0.628. The predicted molar refractivity (Wildman–Crippen MR) is 84.4 cm³/mol. The van der Waals surface area contributed by atoms with Gasteiger partial charge in [-0.2, -0.15) is 0 Å². The zero-order valence-electron chi connectivity index (χ0n) is 11.5. The van der Waals surface area contributed by atoms with E-state index in [0.29, 0.717) is 0 Å². The van der Waals surface area contributed by atoms with Crippen LogP contribution >= 0.6 is 23.2 Å². The summed E-state index contributed by atoms with van der Waals surface area (Å²) in [4.78, 5) is 0. The van der Waals surface area contributed by atoms with Crippen molar-refractivity contribution in [1.29, 1.82) is 0 Å². The van der Waals surface area contributed by atoms with Crippen molar-refractivity contribution in [3.63, 3.8) is 0 Å². The molecule has 0 aliphatic carbocycles. The van der Waals surface area contributed by atoms with Gasteiger partial charge in [-0.1, -0.05) is 41.4 Å². The van der Waals surface area contributed by atoms with Gasteiger partial charge in [0.2, 0.25) is 0 Å². The molecule has 0 fully saturated rings. The summed E-state index contributed by atoms with van der Waals surface area (Å²) in [5.74, 6) is 0. The van der Waals surface area contributed by atoms with Crippen LogP contribution in [-0.2, 0) is 6.42 Å². The third kappa shape index (κ3) is 3.52. The van der Waals surface area contributed by atoms with Gasteiger partial charge in [-0.05, 0) is 61.6 Å². The minimum atomic E-state index is -0.0148. The largest absolute Gasteiger partial charge is 0.117 e. The Hall–Kier alpha value is -0.980. The Balaban J connectivity index is 2.28. The smallest absolute Gasteiger partial charge is 0.0630 e. The van der Waals surface area contributed by atoms with E-state index in [0.717, 1.165) is 11.4 Å². The van der Waals surface area contributed by atoms with Crippen LogP contribution in [0.2, 0.25) is 5.02 Å². The summed E-state index contributed by atoms with van der Waals surface area (Å²) in [5.41, 5.74) is 6.23. The highest BCUT2D eigenvalue weighted by molar-refractivity contribution is 6.30. The number of rotatable bonds is 3. The Morgan fingerprint density at radius 3 is 2.21 bits per heavy atom. The third-order valence-corrected chi connectivity index (χ3v) is 3.96. The van der Waals surface area contributed by atoms with Crippen molar-refractivity contribution in [2.45, 2.75) is 32.6 Å². The van der Waals surface area contributed by atoms with Gasteiger partial charge in [-0.15, -0.1) is 11.6 Å². The topological polar surface area (TPSA) is 0 Å². The van der Waals surface area contributed by atoms with Crippen LogP contribution in [0.3, 0.4) is 0 Å². The number of hydrogen-bond donors (Lipinski definition) is 0. The van der Waals surface area contributed by atoms with Gasteiger partial charge in [0, 0.05) is 5.02 Å². The fraction of sp³-hybridized carbons (Fsp3) is 0.294. The standard InChI is InChI=1S/C17H18Cl2/c1-11-7-12(2)17(13(3)8-11)16(19)10-14-5-4-6-15(18)9-14/h4-9,16H,10H2,1-3H3. The maximum absolute atomic E-state index is 6.61. The summed E-state index contributed by atoms with van der Waals surface area (Å²) < 4.78 is 0. The molecule has 19 heavy (non-hydrogen) atoms. The average molecular weight is 293 g/mol. The molecule has 0 amide bonds. The van der Waals surface area contributed by atoms with Crippen LogP contribution < -0.4 is 0 Å². The molecule has 100 valence electrons. The van der Waals surface area contributed by atoms with Gasteiger partial charge in [-0.3, -0.25) is 0 Å².